The number of nitrogens with two attached hydrogens (primary N) is 1. The van der Waals surface area contributed by atoms with Gasteiger partial charge in [0.2, 0.25) is 0 Å². The molecule has 102 valence electrons. The maximum Gasteiger partial charge on any atom is 0.137 e. The predicted octanol–water partition coefficient (Wildman–Crippen LogP) is 2.33. The molecule has 0 bridgehead atoms. The minimum atomic E-state index is 0.558. The number of aromatic nitrogens is 3. The van der Waals surface area contributed by atoms with E-state index in [4.69, 9.17) is 5.73 Å². The van der Waals surface area contributed by atoms with Crippen molar-refractivity contribution in [1.29, 1.82) is 0 Å². The van der Waals surface area contributed by atoms with Gasteiger partial charge in [0.1, 0.15) is 17.5 Å². The van der Waals surface area contributed by atoms with E-state index in [1.165, 1.54) is 0 Å². The summed E-state index contributed by atoms with van der Waals surface area (Å²) >= 11 is 1.66. The predicted molar refractivity (Wildman–Crippen MR) is 79.5 cm³/mol. The number of aryl methyl sites for hydroxylation is 2. The van der Waals surface area contributed by atoms with E-state index >= 15 is 0 Å². The molecular weight excluding hydrogens is 258 g/mol. The van der Waals surface area contributed by atoms with Crippen LogP contribution in [0.4, 0.5) is 11.6 Å². The van der Waals surface area contributed by atoms with Crippen molar-refractivity contribution < 1.29 is 0 Å². The molecule has 2 rings (SSSR count). The van der Waals surface area contributed by atoms with E-state index < -0.39 is 0 Å². The summed E-state index contributed by atoms with van der Waals surface area (Å²) in [5.74, 6) is 2.22. The Balaban J connectivity index is 2.27. The zero-order valence-corrected chi connectivity index (χ0v) is 12.6. The minimum absolute atomic E-state index is 0.558. The summed E-state index contributed by atoms with van der Waals surface area (Å²) in [6.45, 7) is 6.71. The van der Waals surface area contributed by atoms with Gasteiger partial charge in [-0.15, -0.1) is 11.3 Å². The van der Waals surface area contributed by atoms with Gasteiger partial charge in [0.15, 0.2) is 0 Å². The first-order valence-electron chi connectivity index (χ1n) is 6.26. The molecule has 2 aromatic heterocycles. The second-order valence-corrected chi connectivity index (χ2v) is 5.60. The third kappa shape index (κ3) is 3.01. The second-order valence-electron chi connectivity index (χ2n) is 4.54. The van der Waals surface area contributed by atoms with Gasteiger partial charge in [-0.25, -0.2) is 15.0 Å². The first-order valence-corrected chi connectivity index (χ1v) is 7.14. The van der Waals surface area contributed by atoms with Crippen LogP contribution in [0.3, 0.4) is 0 Å². The minimum Gasteiger partial charge on any atom is -0.383 e. The molecule has 0 spiro atoms. The Morgan fingerprint density at radius 2 is 2.00 bits per heavy atom. The molecule has 0 saturated carbocycles. The molecule has 0 aromatic carbocycles. The maximum absolute atomic E-state index is 5.94. The van der Waals surface area contributed by atoms with Gasteiger partial charge in [0, 0.05) is 24.4 Å². The Labute approximate surface area is 117 Å². The van der Waals surface area contributed by atoms with Crippen molar-refractivity contribution in [1.82, 2.24) is 15.0 Å². The zero-order valence-electron chi connectivity index (χ0n) is 11.8. The van der Waals surface area contributed by atoms with Gasteiger partial charge in [0.05, 0.1) is 17.2 Å². The van der Waals surface area contributed by atoms with Crippen LogP contribution in [0.2, 0.25) is 0 Å². The molecule has 0 unspecified atom stereocenters. The normalized spacial score (nSPS) is 10.7. The van der Waals surface area contributed by atoms with Crippen molar-refractivity contribution >= 4 is 23.0 Å². The Kier molecular flexibility index (Phi) is 3.99. The SMILES string of the molecule is CCc1nc(N)c(C)c(N(C)Cc2csc(C)n2)n1. The summed E-state index contributed by atoms with van der Waals surface area (Å²) in [7, 11) is 2.00. The summed E-state index contributed by atoms with van der Waals surface area (Å²) in [6.07, 6.45) is 0.779. The molecule has 6 heteroatoms. The fraction of sp³-hybridized carbons (Fsp3) is 0.462. The van der Waals surface area contributed by atoms with Gasteiger partial charge in [0.25, 0.3) is 0 Å². The molecule has 0 atom stereocenters. The summed E-state index contributed by atoms with van der Waals surface area (Å²) in [5.41, 5.74) is 7.92. The van der Waals surface area contributed by atoms with E-state index in [9.17, 15) is 0 Å². The fourth-order valence-electron chi connectivity index (χ4n) is 1.90. The molecule has 0 fully saturated rings. The average molecular weight is 277 g/mol. The smallest absolute Gasteiger partial charge is 0.137 e. The van der Waals surface area contributed by atoms with Crippen LogP contribution in [-0.2, 0) is 13.0 Å². The highest BCUT2D eigenvalue weighted by atomic mass is 32.1. The van der Waals surface area contributed by atoms with Crippen molar-refractivity contribution in [3.8, 4) is 0 Å². The highest BCUT2D eigenvalue weighted by molar-refractivity contribution is 7.09. The molecule has 19 heavy (non-hydrogen) atoms. The van der Waals surface area contributed by atoms with E-state index in [-0.39, 0.29) is 0 Å². The lowest BCUT2D eigenvalue weighted by Crippen LogP contribution is -2.21. The quantitative estimate of drug-likeness (QED) is 0.929. The fourth-order valence-corrected chi connectivity index (χ4v) is 2.50. The summed E-state index contributed by atoms with van der Waals surface area (Å²) in [6, 6.07) is 0. The Hall–Kier alpha value is -1.69. The van der Waals surface area contributed by atoms with E-state index in [0.717, 1.165) is 40.9 Å². The van der Waals surface area contributed by atoms with E-state index in [1.807, 2.05) is 27.8 Å². The van der Waals surface area contributed by atoms with Crippen LogP contribution in [0, 0.1) is 13.8 Å². The van der Waals surface area contributed by atoms with Crippen LogP contribution < -0.4 is 10.6 Å². The molecule has 0 aliphatic carbocycles. The zero-order chi connectivity index (χ0) is 14.0. The average Bonchev–Trinajstić information content (AvgIpc) is 2.77. The Bertz CT molecular complexity index is 578. The number of rotatable bonds is 4. The van der Waals surface area contributed by atoms with Gasteiger partial charge in [-0.2, -0.15) is 0 Å². The maximum atomic E-state index is 5.94. The highest BCUT2D eigenvalue weighted by Crippen LogP contribution is 2.22. The number of hydrogen-bond donors (Lipinski definition) is 1. The van der Waals surface area contributed by atoms with Crippen molar-refractivity contribution in [2.45, 2.75) is 33.7 Å². The monoisotopic (exact) mass is 277 g/mol. The lowest BCUT2D eigenvalue weighted by Gasteiger charge is -2.20. The molecule has 2 aromatic rings. The number of anilines is 2. The van der Waals surface area contributed by atoms with Crippen molar-refractivity contribution in [2.24, 2.45) is 0 Å². The number of thiazole rings is 1. The summed E-state index contributed by atoms with van der Waals surface area (Å²) < 4.78 is 0. The third-order valence-corrected chi connectivity index (χ3v) is 3.77. The van der Waals surface area contributed by atoms with E-state index in [1.54, 1.807) is 11.3 Å². The van der Waals surface area contributed by atoms with Crippen LogP contribution in [0.25, 0.3) is 0 Å². The Morgan fingerprint density at radius 1 is 1.26 bits per heavy atom. The Morgan fingerprint density at radius 3 is 2.58 bits per heavy atom. The number of nitrogen functional groups attached to an aromatic ring is 1. The molecule has 0 radical (unpaired) electrons. The van der Waals surface area contributed by atoms with Crippen LogP contribution in [-0.4, -0.2) is 22.0 Å². The van der Waals surface area contributed by atoms with Gasteiger partial charge >= 0.3 is 0 Å². The molecule has 0 aliphatic heterocycles. The molecule has 2 heterocycles. The number of nitrogens with zero attached hydrogens (tertiary/aromatic N) is 4. The van der Waals surface area contributed by atoms with Gasteiger partial charge in [-0.3, -0.25) is 0 Å². The van der Waals surface area contributed by atoms with Gasteiger partial charge in [-0.05, 0) is 13.8 Å². The lowest BCUT2D eigenvalue weighted by molar-refractivity contribution is 0.837. The highest BCUT2D eigenvalue weighted by Gasteiger charge is 2.13. The third-order valence-electron chi connectivity index (χ3n) is 2.95. The molecule has 0 saturated heterocycles. The molecule has 0 amide bonds. The van der Waals surface area contributed by atoms with Crippen LogP contribution >= 0.6 is 11.3 Å². The standard InChI is InChI=1S/C13H19N5S/c1-5-11-16-12(14)8(2)13(17-11)18(4)6-10-7-19-9(3)15-10/h7H,5-6H2,1-4H3,(H2,14,16,17). The van der Waals surface area contributed by atoms with Gasteiger partial charge < -0.3 is 10.6 Å². The summed E-state index contributed by atoms with van der Waals surface area (Å²) in [4.78, 5) is 15.4. The van der Waals surface area contributed by atoms with Gasteiger partial charge in [-0.1, -0.05) is 6.92 Å². The van der Waals surface area contributed by atoms with Crippen molar-refractivity contribution in [2.75, 3.05) is 17.7 Å². The molecule has 2 N–H and O–H groups in total. The molecule has 0 aliphatic rings. The topological polar surface area (TPSA) is 67.9 Å². The second kappa shape index (κ2) is 5.52. The molecule has 5 nitrogen and oxygen atoms in total. The van der Waals surface area contributed by atoms with E-state index in [2.05, 4.69) is 25.2 Å². The van der Waals surface area contributed by atoms with Crippen LogP contribution in [0.15, 0.2) is 5.38 Å². The van der Waals surface area contributed by atoms with E-state index in [0.29, 0.717) is 5.82 Å². The lowest BCUT2D eigenvalue weighted by atomic mass is 10.2. The summed E-state index contributed by atoms with van der Waals surface area (Å²) in [5, 5.41) is 3.16. The first kappa shape index (κ1) is 13.7. The van der Waals surface area contributed by atoms with Crippen molar-refractivity contribution in [3.05, 3.63) is 27.5 Å². The van der Waals surface area contributed by atoms with Crippen LogP contribution in [0.1, 0.15) is 29.0 Å². The number of hydrogen-bond acceptors (Lipinski definition) is 6. The van der Waals surface area contributed by atoms with Crippen LogP contribution in [0.5, 0.6) is 0 Å². The van der Waals surface area contributed by atoms with Crippen molar-refractivity contribution in [3.63, 3.8) is 0 Å². The first-order chi connectivity index (χ1) is 9.01. The largest absolute Gasteiger partial charge is 0.383 e. The molecular formula is C13H19N5S.